The lowest BCUT2D eigenvalue weighted by molar-refractivity contribution is -0.137. The van der Waals surface area contributed by atoms with Crippen molar-refractivity contribution in [2.24, 2.45) is 0 Å². The van der Waals surface area contributed by atoms with E-state index in [4.69, 9.17) is 23.2 Å². The predicted octanol–water partition coefficient (Wildman–Crippen LogP) is 5.05. The first-order chi connectivity index (χ1) is 10.2. The standard InChI is InChI=1S/C11H6Cl2F5N3S/c12-7-1-5(11(16,17)18)2-8(13)9(7)21-19-3-6(20-21)4-22-10(14)15/h1-3,10H,4H2. The summed E-state index contributed by atoms with van der Waals surface area (Å²) in [6, 6.07) is 1.39. The third-order valence-electron chi connectivity index (χ3n) is 2.44. The summed E-state index contributed by atoms with van der Waals surface area (Å²) in [4.78, 5) is 0.909. The maximum atomic E-state index is 12.6. The zero-order valence-electron chi connectivity index (χ0n) is 10.4. The summed E-state index contributed by atoms with van der Waals surface area (Å²) in [6.07, 6.45) is -3.39. The molecule has 0 fully saturated rings. The highest BCUT2D eigenvalue weighted by molar-refractivity contribution is 7.98. The highest BCUT2D eigenvalue weighted by Gasteiger charge is 2.32. The van der Waals surface area contributed by atoms with Gasteiger partial charge in [-0.05, 0) is 12.1 Å². The van der Waals surface area contributed by atoms with Crippen molar-refractivity contribution in [1.82, 2.24) is 15.0 Å². The first kappa shape index (κ1) is 17.3. The molecule has 2 aromatic rings. The Kier molecular flexibility index (Phi) is 5.18. The van der Waals surface area contributed by atoms with Crippen LogP contribution in [0.5, 0.6) is 0 Å². The molecule has 0 aliphatic heterocycles. The lowest BCUT2D eigenvalue weighted by Gasteiger charge is -2.11. The Hall–Kier alpha value is -1.06. The molecule has 0 saturated heterocycles. The van der Waals surface area contributed by atoms with Crippen LogP contribution in [0.4, 0.5) is 22.0 Å². The Morgan fingerprint density at radius 3 is 2.27 bits per heavy atom. The molecule has 3 nitrogen and oxygen atoms in total. The molecule has 0 radical (unpaired) electrons. The van der Waals surface area contributed by atoms with Crippen LogP contribution in [0.25, 0.3) is 5.69 Å². The summed E-state index contributed by atoms with van der Waals surface area (Å²) in [5.41, 5.74) is -0.839. The maximum absolute atomic E-state index is 12.6. The molecule has 0 amide bonds. The number of thioether (sulfide) groups is 1. The largest absolute Gasteiger partial charge is 0.416 e. The molecule has 1 aromatic heterocycles. The van der Waals surface area contributed by atoms with Gasteiger partial charge >= 0.3 is 6.18 Å². The molecule has 1 heterocycles. The molecule has 11 heteroatoms. The predicted molar refractivity (Wildman–Crippen MR) is 73.7 cm³/mol. The number of hydrogen-bond donors (Lipinski definition) is 0. The summed E-state index contributed by atoms with van der Waals surface area (Å²) in [5.74, 6) is -2.67. The second kappa shape index (κ2) is 6.59. The molecule has 0 saturated carbocycles. The van der Waals surface area contributed by atoms with E-state index >= 15 is 0 Å². The molecule has 0 atom stereocenters. The molecule has 1 aromatic carbocycles. The van der Waals surface area contributed by atoms with Crippen molar-refractivity contribution in [3.8, 4) is 5.69 Å². The van der Waals surface area contributed by atoms with E-state index < -0.39 is 17.5 Å². The van der Waals surface area contributed by atoms with E-state index in [2.05, 4.69) is 10.2 Å². The van der Waals surface area contributed by atoms with Crippen LogP contribution >= 0.6 is 35.0 Å². The van der Waals surface area contributed by atoms with Gasteiger partial charge in [0.1, 0.15) is 5.69 Å². The van der Waals surface area contributed by atoms with Crippen LogP contribution in [0.15, 0.2) is 18.3 Å². The lowest BCUT2D eigenvalue weighted by Crippen LogP contribution is -2.08. The zero-order valence-corrected chi connectivity index (χ0v) is 12.7. The van der Waals surface area contributed by atoms with Crippen molar-refractivity contribution in [3.63, 3.8) is 0 Å². The van der Waals surface area contributed by atoms with Gasteiger partial charge in [-0.1, -0.05) is 35.0 Å². The third-order valence-corrected chi connectivity index (χ3v) is 3.73. The number of nitrogens with zero attached hydrogens (tertiary/aromatic N) is 3. The van der Waals surface area contributed by atoms with Crippen LogP contribution < -0.4 is 0 Å². The van der Waals surface area contributed by atoms with Crippen LogP contribution in [0.2, 0.25) is 10.0 Å². The Morgan fingerprint density at radius 1 is 1.18 bits per heavy atom. The normalized spacial score (nSPS) is 12.2. The summed E-state index contributed by atoms with van der Waals surface area (Å²) in [6.45, 7) is 0. The maximum Gasteiger partial charge on any atom is 0.416 e. The number of halogens is 7. The lowest BCUT2D eigenvalue weighted by atomic mass is 10.2. The molecule has 22 heavy (non-hydrogen) atoms. The summed E-state index contributed by atoms with van der Waals surface area (Å²) in [7, 11) is 0. The van der Waals surface area contributed by atoms with Crippen LogP contribution in [-0.2, 0) is 11.9 Å². The minimum absolute atomic E-state index is 0.0513. The van der Waals surface area contributed by atoms with Crippen LogP contribution in [0.1, 0.15) is 11.3 Å². The monoisotopic (exact) mass is 377 g/mol. The number of hydrogen-bond acceptors (Lipinski definition) is 3. The second-order valence-corrected chi connectivity index (χ2v) is 5.78. The molecule has 0 bridgehead atoms. The minimum Gasteiger partial charge on any atom is -0.198 e. The van der Waals surface area contributed by atoms with Crippen molar-refractivity contribution >= 4 is 35.0 Å². The second-order valence-electron chi connectivity index (χ2n) is 3.98. The van der Waals surface area contributed by atoms with E-state index in [0.29, 0.717) is 23.9 Å². The SMILES string of the molecule is FC(F)SCc1cnn(-c2c(Cl)cc(C(F)(F)F)cc2Cl)n1. The molecular weight excluding hydrogens is 372 g/mol. The van der Waals surface area contributed by atoms with Crippen molar-refractivity contribution in [2.45, 2.75) is 17.7 Å². The van der Waals surface area contributed by atoms with E-state index in [1.807, 2.05) is 0 Å². The average Bonchev–Trinajstić information content (AvgIpc) is 2.83. The van der Waals surface area contributed by atoms with Gasteiger partial charge in [-0.15, -0.1) is 4.80 Å². The topological polar surface area (TPSA) is 30.7 Å². The van der Waals surface area contributed by atoms with Gasteiger partial charge in [0.15, 0.2) is 0 Å². The van der Waals surface area contributed by atoms with Gasteiger partial charge < -0.3 is 0 Å². The minimum atomic E-state index is -4.59. The van der Waals surface area contributed by atoms with Crippen molar-refractivity contribution in [1.29, 1.82) is 0 Å². The first-order valence-corrected chi connectivity index (χ1v) is 7.36. The Morgan fingerprint density at radius 2 is 1.77 bits per heavy atom. The fourth-order valence-corrected chi connectivity index (χ4v) is 2.60. The van der Waals surface area contributed by atoms with Crippen molar-refractivity contribution in [3.05, 3.63) is 39.6 Å². The third kappa shape index (κ3) is 4.02. The van der Waals surface area contributed by atoms with E-state index in [-0.39, 0.29) is 27.2 Å². The summed E-state index contributed by atoms with van der Waals surface area (Å²) in [5, 5.41) is 7.04. The summed E-state index contributed by atoms with van der Waals surface area (Å²) < 4.78 is 62.1. The van der Waals surface area contributed by atoms with Gasteiger partial charge in [0.2, 0.25) is 0 Å². The Bertz CT molecular complexity index is 651. The van der Waals surface area contributed by atoms with Crippen LogP contribution in [0.3, 0.4) is 0 Å². The van der Waals surface area contributed by atoms with Gasteiger partial charge in [-0.3, -0.25) is 0 Å². The van der Waals surface area contributed by atoms with Gasteiger partial charge in [0.25, 0.3) is 5.76 Å². The average molecular weight is 378 g/mol. The van der Waals surface area contributed by atoms with Crippen molar-refractivity contribution < 1.29 is 22.0 Å². The zero-order chi connectivity index (χ0) is 16.5. The van der Waals surface area contributed by atoms with Gasteiger partial charge in [-0.25, -0.2) is 0 Å². The molecule has 120 valence electrons. The highest BCUT2D eigenvalue weighted by atomic mass is 35.5. The smallest absolute Gasteiger partial charge is 0.198 e. The molecule has 0 aliphatic carbocycles. The van der Waals surface area contributed by atoms with Gasteiger partial charge in [0, 0.05) is 5.75 Å². The quantitative estimate of drug-likeness (QED) is 0.698. The highest BCUT2D eigenvalue weighted by Crippen LogP contribution is 2.37. The molecule has 2 rings (SSSR count). The number of rotatable bonds is 4. The fraction of sp³-hybridized carbons (Fsp3) is 0.273. The number of benzene rings is 1. The fourth-order valence-electron chi connectivity index (χ4n) is 1.54. The molecule has 0 spiro atoms. The number of aromatic nitrogens is 3. The molecular formula is C11H6Cl2F5N3S. The molecule has 0 N–H and O–H groups in total. The van der Waals surface area contributed by atoms with Crippen molar-refractivity contribution in [2.75, 3.05) is 0 Å². The Balaban J connectivity index is 2.33. The van der Waals surface area contributed by atoms with Crippen LogP contribution in [0, 0.1) is 0 Å². The molecule has 0 aliphatic rings. The van der Waals surface area contributed by atoms with Crippen LogP contribution in [-0.4, -0.2) is 20.8 Å². The first-order valence-electron chi connectivity index (χ1n) is 5.56. The number of alkyl halides is 5. The van der Waals surface area contributed by atoms with E-state index in [1.54, 1.807) is 0 Å². The van der Waals surface area contributed by atoms with E-state index in [0.717, 1.165) is 4.80 Å². The summed E-state index contributed by atoms with van der Waals surface area (Å²) >= 11 is 11.9. The van der Waals surface area contributed by atoms with Gasteiger partial charge in [-0.2, -0.15) is 32.1 Å². The van der Waals surface area contributed by atoms with E-state index in [9.17, 15) is 22.0 Å². The van der Waals surface area contributed by atoms with E-state index in [1.165, 1.54) is 6.20 Å². The Labute approximate surface area is 135 Å². The van der Waals surface area contributed by atoms with Gasteiger partial charge in [0.05, 0.1) is 27.5 Å². The molecule has 0 unspecified atom stereocenters.